The lowest BCUT2D eigenvalue weighted by Gasteiger charge is -2.40. The monoisotopic (exact) mass is 273 g/mol. The van der Waals surface area contributed by atoms with Crippen molar-refractivity contribution in [3.63, 3.8) is 0 Å². The van der Waals surface area contributed by atoms with Gasteiger partial charge in [0, 0.05) is 6.04 Å². The van der Waals surface area contributed by atoms with Crippen LogP contribution in [-0.4, -0.2) is 17.8 Å². The second-order valence-corrected chi connectivity index (χ2v) is 6.63. The highest BCUT2D eigenvalue weighted by atomic mass is 16.3. The molecule has 2 nitrogen and oxygen atoms in total. The lowest BCUT2D eigenvalue weighted by molar-refractivity contribution is 0.129. The molecule has 1 aromatic carbocycles. The highest BCUT2D eigenvalue weighted by molar-refractivity contribution is 5.19. The standard InChI is InChI=1S/C18H27NO/c20-13-18(15-7-2-1-3-8-15)19-17-11-10-14-6-4-5-9-16(14)12-17/h1-3,7-8,14,16-20H,4-6,9-13H2. The number of nitrogens with one attached hydrogen (secondary N) is 1. The van der Waals surface area contributed by atoms with Gasteiger partial charge in [-0.25, -0.2) is 0 Å². The lowest BCUT2D eigenvalue weighted by Crippen LogP contribution is -2.41. The lowest BCUT2D eigenvalue weighted by atomic mass is 9.69. The van der Waals surface area contributed by atoms with E-state index in [4.69, 9.17) is 0 Å². The zero-order valence-corrected chi connectivity index (χ0v) is 12.3. The molecule has 20 heavy (non-hydrogen) atoms. The van der Waals surface area contributed by atoms with Crippen molar-refractivity contribution in [3.8, 4) is 0 Å². The van der Waals surface area contributed by atoms with Gasteiger partial charge in [0.25, 0.3) is 0 Å². The Kier molecular flexibility index (Phi) is 4.74. The van der Waals surface area contributed by atoms with E-state index in [1.54, 1.807) is 0 Å². The fourth-order valence-electron chi connectivity index (χ4n) is 4.25. The summed E-state index contributed by atoms with van der Waals surface area (Å²) in [6.45, 7) is 0.189. The smallest absolute Gasteiger partial charge is 0.0626 e. The zero-order valence-electron chi connectivity index (χ0n) is 12.3. The molecule has 4 atom stereocenters. The molecule has 0 spiro atoms. The molecule has 1 aromatic rings. The van der Waals surface area contributed by atoms with Gasteiger partial charge in [0.05, 0.1) is 12.6 Å². The Balaban J connectivity index is 1.59. The van der Waals surface area contributed by atoms with E-state index in [1.165, 1.54) is 50.5 Å². The number of aliphatic hydroxyl groups excluding tert-OH is 1. The van der Waals surface area contributed by atoms with Gasteiger partial charge in [-0.2, -0.15) is 0 Å². The summed E-state index contributed by atoms with van der Waals surface area (Å²) < 4.78 is 0. The van der Waals surface area contributed by atoms with Crippen LogP contribution in [-0.2, 0) is 0 Å². The minimum absolute atomic E-state index is 0.0985. The molecule has 2 N–H and O–H groups in total. The molecule has 4 unspecified atom stereocenters. The quantitative estimate of drug-likeness (QED) is 0.877. The fourth-order valence-corrected chi connectivity index (χ4v) is 4.25. The minimum atomic E-state index is 0.0985. The van der Waals surface area contributed by atoms with Crippen LogP contribution in [0.5, 0.6) is 0 Å². The van der Waals surface area contributed by atoms with Crippen LogP contribution >= 0.6 is 0 Å². The summed E-state index contributed by atoms with van der Waals surface area (Å²) in [6, 6.07) is 11.0. The van der Waals surface area contributed by atoms with Crippen LogP contribution in [0.4, 0.5) is 0 Å². The first kappa shape index (κ1) is 14.1. The molecule has 0 amide bonds. The van der Waals surface area contributed by atoms with Gasteiger partial charge in [-0.05, 0) is 36.7 Å². The average molecular weight is 273 g/mol. The van der Waals surface area contributed by atoms with E-state index in [0.717, 1.165) is 11.8 Å². The molecular formula is C18H27NO. The maximum atomic E-state index is 9.68. The number of hydrogen-bond donors (Lipinski definition) is 2. The summed E-state index contributed by atoms with van der Waals surface area (Å²) in [5, 5.41) is 13.4. The first-order valence-corrected chi connectivity index (χ1v) is 8.28. The molecule has 0 radical (unpaired) electrons. The number of aliphatic hydroxyl groups is 1. The molecule has 2 aliphatic rings. The second kappa shape index (κ2) is 6.73. The van der Waals surface area contributed by atoms with Crippen LogP contribution in [0.25, 0.3) is 0 Å². The highest BCUT2D eigenvalue weighted by Gasteiger charge is 2.32. The van der Waals surface area contributed by atoms with E-state index < -0.39 is 0 Å². The van der Waals surface area contributed by atoms with Crippen LogP contribution in [0, 0.1) is 11.8 Å². The Morgan fingerprint density at radius 3 is 2.50 bits per heavy atom. The Morgan fingerprint density at radius 1 is 1.00 bits per heavy atom. The predicted octanol–water partition coefficient (Wildman–Crippen LogP) is 3.67. The first-order valence-electron chi connectivity index (χ1n) is 8.28. The number of fused-ring (bicyclic) bond motifs is 1. The van der Waals surface area contributed by atoms with Crippen molar-refractivity contribution < 1.29 is 5.11 Å². The van der Waals surface area contributed by atoms with Crippen molar-refractivity contribution in [2.45, 2.75) is 57.0 Å². The van der Waals surface area contributed by atoms with Gasteiger partial charge in [0.1, 0.15) is 0 Å². The van der Waals surface area contributed by atoms with E-state index in [-0.39, 0.29) is 12.6 Å². The highest BCUT2D eigenvalue weighted by Crippen LogP contribution is 2.40. The normalized spacial score (nSPS) is 31.6. The van der Waals surface area contributed by atoms with Crippen molar-refractivity contribution in [1.82, 2.24) is 5.32 Å². The number of benzene rings is 1. The van der Waals surface area contributed by atoms with Gasteiger partial charge in [0.15, 0.2) is 0 Å². The van der Waals surface area contributed by atoms with E-state index in [1.807, 2.05) is 6.07 Å². The van der Waals surface area contributed by atoms with Gasteiger partial charge >= 0.3 is 0 Å². The van der Waals surface area contributed by atoms with Crippen LogP contribution in [0.2, 0.25) is 0 Å². The third-order valence-corrected chi connectivity index (χ3v) is 5.36. The van der Waals surface area contributed by atoms with E-state index >= 15 is 0 Å². The van der Waals surface area contributed by atoms with Gasteiger partial charge in [0.2, 0.25) is 0 Å². The molecule has 0 saturated heterocycles. The van der Waals surface area contributed by atoms with Gasteiger partial charge in [-0.3, -0.25) is 0 Å². The summed E-state index contributed by atoms with van der Waals surface area (Å²) in [5.41, 5.74) is 1.21. The van der Waals surface area contributed by atoms with Gasteiger partial charge in [-0.1, -0.05) is 56.0 Å². The second-order valence-electron chi connectivity index (χ2n) is 6.63. The maximum Gasteiger partial charge on any atom is 0.0626 e. The predicted molar refractivity (Wildman–Crippen MR) is 82.5 cm³/mol. The first-order chi connectivity index (χ1) is 9.86. The fraction of sp³-hybridized carbons (Fsp3) is 0.667. The Bertz CT molecular complexity index is 405. The molecule has 2 saturated carbocycles. The Hall–Kier alpha value is -0.860. The zero-order chi connectivity index (χ0) is 13.8. The summed E-state index contributed by atoms with van der Waals surface area (Å²) in [5.74, 6) is 1.93. The molecule has 2 aliphatic carbocycles. The van der Waals surface area contributed by atoms with E-state index in [0.29, 0.717) is 6.04 Å². The average Bonchev–Trinajstić information content (AvgIpc) is 2.53. The molecule has 0 bridgehead atoms. The summed E-state index contributed by atoms with van der Waals surface area (Å²) in [7, 11) is 0. The summed E-state index contributed by atoms with van der Waals surface area (Å²) >= 11 is 0. The van der Waals surface area contributed by atoms with E-state index in [9.17, 15) is 5.11 Å². The largest absolute Gasteiger partial charge is 0.394 e. The molecule has 110 valence electrons. The van der Waals surface area contributed by atoms with Crippen molar-refractivity contribution >= 4 is 0 Å². The summed E-state index contributed by atoms with van der Waals surface area (Å²) in [4.78, 5) is 0. The molecule has 0 heterocycles. The molecule has 0 aromatic heterocycles. The topological polar surface area (TPSA) is 32.3 Å². The molecule has 3 rings (SSSR count). The van der Waals surface area contributed by atoms with Crippen LogP contribution < -0.4 is 5.32 Å². The van der Waals surface area contributed by atoms with E-state index in [2.05, 4.69) is 29.6 Å². The van der Waals surface area contributed by atoms with Crippen LogP contribution in [0.1, 0.15) is 56.6 Å². The number of hydrogen-bond acceptors (Lipinski definition) is 2. The van der Waals surface area contributed by atoms with Crippen molar-refractivity contribution in [1.29, 1.82) is 0 Å². The Labute approximate surface area is 122 Å². The van der Waals surface area contributed by atoms with Crippen LogP contribution in [0.3, 0.4) is 0 Å². The number of rotatable bonds is 4. The summed E-state index contributed by atoms with van der Waals surface area (Å²) in [6.07, 6.45) is 9.74. The van der Waals surface area contributed by atoms with Crippen molar-refractivity contribution in [3.05, 3.63) is 35.9 Å². The third kappa shape index (κ3) is 3.24. The molecule has 0 aliphatic heterocycles. The SMILES string of the molecule is OCC(NC1CCC2CCCCC2C1)c1ccccc1. The van der Waals surface area contributed by atoms with Gasteiger partial charge < -0.3 is 10.4 Å². The minimum Gasteiger partial charge on any atom is -0.394 e. The van der Waals surface area contributed by atoms with Gasteiger partial charge in [-0.15, -0.1) is 0 Å². The van der Waals surface area contributed by atoms with Crippen LogP contribution in [0.15, 0.2) is 30.3 Å². The third-order valence-electron chi connectivity index (χ3n) is 5.36. The maximum absolute atomic E-state index is 9.68. The molecule has 2 fully saturated rings. The van der Waals surface area contributed by atoms with Crippen molar-refractivity contribution in [2.24, 2.45) is 11.8 Å². The molecular weight excluding hydrogens is 246 g/mol. The molecule has 2 heteroatoms. The van der Waals surface area contributed by atoms with Crippen molar-refractivity contribution in [2.75, 3.05) is 6.61 Å². The Morgan fingerprint density at radius 2 is 1.75 bits per heavy atom.